The highest BCUT2D eigenvalue weighted by molar-refractivity contribution is 5.92. The molecule has 0 spiro atoms. The van der Waals surface area contributed by atoms with Crippen LogP contribution in [0.1, 0.15) is 48.8 Å². The minimum absolute atomic E-state index is 0.173. The molecule has 1 fully saturated rings. The first-order valence-corrected chi connectivity index (χ1v) is 14.3. The molecule has 8 nitrogen and oxygen atoms in total. The Morgan fingerprint density at radius 1 is 0.929 bits per heavy atom. The Balaban J connectivity index is 1.61. The summed E-state index contributed by atoms with van der Waals surface area (Å²) in [5, 5.41) is 1.47. The molecule has 4 N–H and O–H groups in total. The van der Waals surface area contributed by atoms with Crippen LogP contribution in [-0.2, 0) is 11.3 Å². The van der Waals surface area contributed by atoms with Crippen molar-refractivity contribution in [2.75, 3.05) is 27.8 Å². The number of likely N-dealkylation sites (N-methyl/N-ethyl adjacent to an activating group) is 1. The molecular formula is C34H42N4O4. The van der Waals surface area contributed by atoms with Gasteiger partial charge in [0.05, 0.1) is 44.8 Å². The molecule has 0 saturated heterocycles. The minimum atomic E-state index is -0.194. The lowest BCUT2D eigenvalue weighted by Gasteiger charge is -2.28. The highest BCUT2D eigenvalue weighted by Crippen LogP contribution is 2.28. The van der Waals surface area contributed by atoms with E-state index in [-0.39, 0.29) is 25.1 Å². The summed E-state index contributed by atoms with van der Waals surface area (Å²) < 4.78 is 17.2. The number of nitrogens with zero attached hydrogens (tertiary/aromatic N) is 2. The lowest BCUT2D eigenvalue weighted by molar-refractivity contribution is -0.126. The number of ether oxygens (including phenoxy) is 3. The fourth-order valence-electron chi connectivity index (χ4n) is 5.06. The zero-order valence-corrected chi connectivity index (χ0v) is 24.8. The number of carbonyl (C=O) groups excluding carboxylic acids is 1. The van der Waals surface area contributed by atoms with Crippen LogP contribution in [0.2, 0.25) is 0 Å². The van der Waals surface area contributed by atoms with E-state index < -0.39 is 0 Å². The maximum absolute atomic E-state index is 13.6. The maximum atomic E-state index is 13.6. The minimum Gasteiger partial charge on any atom is -0.497 e. The largest absolute Gasteiger partial charge is 0.497 e. The number of carbonyl (C=O) groups is 1. The van der Waals surface area contributed by atoms with Crippen LogP contribution in [0.3, 0.4) is 0 Å². The molecule has 42 heavy (non-hydrogen) atoms. The van der Waals surface area contributed by atoms with E-state index in [4.69, 9.17) is 25.8 Å². The molecule has 1 aliphatic carbocycles. The van der Waals surface area contributed by atoms with Gasteiger partial charge in [0.1, 0.15) is 17.2 Å². The summed E-state index contributed by atoms with van der Waals surface area (Å²) >= 11 is 0. The number of rotatable bonds is 12. The molecule has 0 unspecified atom stereocenters. The first-order valence-electron chi connectivity index (χ1n) is 14.3. The van der Waals surface area contributed by atoms with Gasteiger partial charge in [0.15, 0.2) is 0 Å². The monoisotopic (exact) mass is 570 g/mol. The van der Waals surface area contributed by atoms with Gasteiger partial charge < -0.3 is 29.9 Å². The number of hydrogen-bond acceptors (Lipinski definition) is 7. The van der Waals surface area contributed by atoms with Crippen LogP contribution in [0.4, 0.5) is 0 Å². The second-order valence-electron chi connectivity index (χ2n) is 10.5. The number of benzene rings is 3. The molecule has 4 rings (SSSR count). The van der Waals surface area contributed by atoms with Crippen molar-refractivity contribution in [3.05, 3.63) is 101 Å². The Hall–Kier alpha value is -4.43. The van der Waals surface area contributed by atoms with Crippen molar-refractivity contribution in [3.8, 4) is 17.2 Å². The van der Waals surface area contributed by atoms with Crippen molar-refractivity contribution in [1.82, 2.24) is 9.91 Å². The molecule has 0 heterocycles. The van der Waals surface area contributed by atoms with E-state index in [1.54, 1.807) is 44.4 Å². The van der Waals surface area contributed by atoms with Gasteiger partial charge in [-0.2, -0.15) is 0 Å². The molecule has 1 saturated carbocycles. The smallest absolute Gasteiger partial charge is 0.247 e. The van der Waals surface area contributed by atoms with Gasteiger partial charge in [0, 0.05) is 24.8 Å². The zero-order chi connectivity index (χ0) is 29.9. The van der Waals surface area contributed by atoms with Gasteiger partial charge in [0.25, 0.3) is 0 Å². The summed E-state index contributed by atoms with van der Waals surface area (Å²) in [5.74, 6) is 8.22. The van der Waals surface area contributed by atoms with E-state index in [0.717, 1.165) is 35.3 Å². The third-order valence-electron chi connectivity index (χ3n) is 7.48. The third-order valence-corrected chi connectivity index (χ3v) is 7.48. The highest BCUT2D eigenvalue weighted by atomic mass is 16.5. The van der Waals surface area contributed by atoms with E-state index in [0.29, 0.717) is 22.9 Å². The first kappa shape index (κ1) is 30.5. The quantitative estimate of drug-likeness (QED) is 0.166. The van der Waals surface area contributed by atoms with Crippen LogP contribution >= 0.6 is 0 Å². The summed E-state index contributed by atoms with van der Waals surface area (Å²) in [4.78, 5) is 15.3. The number of nitrogens with two attached hydrogens (primary N) is 2. The van der Waals surface area contributed by atoms with Crippen LogP contribution < -0.4 is 25.8 Å². The Morgan fingerprint density at radius 3 is 2.26 bits per heavy atom. The van der Waals surface area contributed by atoms with Gasteiger partial charge >= 0.3 is 0 Å². The fraction of sp³-hybridized carbons (Fsp3) is 0.324. The van der Waals surface area contributed by atoms with Gasteiger partial charge in [0.2, 0.25) is 5.91 Å². The van der Waals surface area contributed by atoms with Crippen molar-refractivity contribution in [3.63, 3.8) is 0 Å². The van der Waals surface area contributed by atoms with E-state index in [2.05, 4.69) is 0 Å². The predicted molar refractivity (Wildman–Crippen MR) is 167 cm³/mol. The van der Waals surface area contributed by atoms with Gasteiger partial charge in [-0.1, -0.05) is 36.8 Å². The van der Waals surface area contributed by atoms with Gasteiger partial charge in [-0.05, 0) is 79.3 Å². The average Bonchev–Trinajstić information content (AvgIpc) is 3.02. The van der Waals surface area contributed by atoms with Crippen molar-refractivity contribution in [2.24, 2.45) is 11.6 Å². The zero-order valence-electron chi connectivity index (χ0n) is 24.8. The topological polar surface area (TPSA) is 103 Å². The SMILES string of the molecule is COc1ccc(CN(C/C(=C(/N)c2ccc(OC3CCCCC3)cc2)N(C)N)C(=O)/C=C/c2ccccc2)c(OC)c1. The summed E-state index contributed by atoms with van der Waals surface area (Å²) in [6.07, 6.45) is 9.51. The molecular weight excluding hydrogens is 528 g/mol. The fourth-order valence-corrected chi connectivity index (χ4v) is 5.06. The molecule has 0 radical (unpaired) electrons. The molecule has 3 aromatic carbocycles. The van der Waals surface area contributed by atoms with E-state index in [9.17, 15) is 4.79 Å². The van der Waals surface area contributed by atoms with Crippen LogP contribution in [-0.4, -0.2) is 49.7 Å². The summed E-state index contributed by atoms with van der Waals surface area (Å²) in [6.45, 7) is 0.441. The molecule has 222 valence electrons. The standard InChI is InChI=1S/C34H42N4O4/c1-37(36)31(34(35)26-15-18-29(19-16-26)42-28-12-8-5-9-13-28)24-38(33(39)21-14-25-10-6-4-7-11-25)23-27-17-20-30(40-2)22-32(27)41-3/h4,6-7,10-11,14-22,28H,5,8-9,12-13,23-24,35-36H2,1-3H3/b21-14+,34-31-. The molecule has 0 aromatic heterocycles. The summed E-state index contributed by atoms with van der Waals surface area (Å²) in [5.41, 5.74) is 10.3. The molecule has 8 heteroatoms. The Labute approximate surface area is 249 Å². The normalized spacial score (nSPS) is 14.3. The predicted octanol–water partition coefficient (Wildman–Crippen LogP) is 5.59. The molecule has 0 bridgehead atoms. The van der Waals surface area contributed by atoms with Crippen molar-refractivity contribution < 1.29 is 19.0 Å². The number of hydrazine groups is 1. The number of methoxy groups -OCH3 is 2. The van der Waals surface area contributed by atoms with Crippen LogP contribution in [0.15, 0.2) is 84.6 Å². The summed E-state index contributed by atoms with van der Waals surface area (Å²) in [7, 11) is 4.92. The maximum Gasteiger partial charge on any atom is 0.247 e. The Kier molecular flexibility index (Phi) is 10.9. The van der Waals surface area contributed by atoms with E-state index >= 15 is 0 Å². The lowest BCUT2D eigenvalue weighted by Crippen LogP contribution is -2.38. The molecule has 3 aromatic rings. The van der Waals surface area contributed by atoms with Crippen LogP contribution in [0.25, 0.3) is 11.8 Å². The van der Waals surface area contributed by atoms with Crippen molar-refractivity contribution >= 4 is 17.7 Å². The molecule has 1 aliphatic rings. The van der Waals surface area contributed by atoms with Crippen molar-refractivity contribution in [2.45, 2.75) is 44.8 Å². The molecule has 0 aliphatic heterocycles. The van der Waals surface area contributed by atoms with E-state index in [1.165, 1.54) is 24.3 Å². The Bertz CT molecular complexity index is 1360. The highest BCUT2D eigenvalue weighted by Gasteiger charge is 2.21. The van der Waals surface area contributed by atoms with Crippen LogP contribution in [0, 0.1) is 0 Å². The third kappa shape index (κ3) is 8.30. The van der Waals surface area contributed by atoms with E-state index in [1.807, 2.05) is 66.7 Å². The summed E-state index contributed by atoms with van der Waals surface area (Å²) in [6, 6.07) is 23.0. The van der Waals surface area contributed by atoms with Gasteiger partial charge in [-0.15, -0.1) is 0 Å². The Morgan fingerprint density at radius 2 is 1.62 bits per heavy atom. The first-order chi connectivity index (χ1) is 20.4. The second kappa shape index (κ2) is 15.0. The van der Waals surface area contributed by atoms with Gasteiger partial charge in [-0.25, -0.2) is 5.84 Å². The number of hydrogen-bond donors (Lipinski definition) is 2. The van der Waals surface area contributed by atoms with Crippen LogP contribution in [0.5, 0.6) is 17.2 Å². The molecule has 0 atom stereocenters. The second-order valence-corrected chi connectivity index (χ2v) is 10.5. The lowest BCUT2D eigenvalue weighted by atomic mass is 9.98. The van der Waals surface area contributed by atoms with Gasteiger partial charge in [-0.3, -0.25) is 4.79 Å². The molecule has 1 amide bonds. The van der Waals surface area contributed by atoms with Crippen molar-refractivity contribution in [1.29, 1.82) is 0 Å². The average molecular weight is 571 g/mol. The number of amides is 1.